The lowest BCUT2D eigenvalue weighted by molar-refractivity contribution is -0.143. The highest BCUT2D eigenvalue weighted by atomic mass is 19.4. The zero-order valence-corrected chi connectivity index (χ0v) is 18.9. The lowest BCUT2D eigenvalue weighted by atomic mass is 9.86. The molecular weight excluding hydrogens is 488 g/mol. The Balaban J connectivity index is 1.86. The Morgan fingerprint density at radius 1 is 0.778 bits per heavy atom. The second-order valence-electron chi connectivity index (χ2n) is 7.90. The molecule has 1 amide bonds. The van der Waals surface area contributed by atoms with Crippen molar-refractivity contribution in [2.45, 2.75) is 31.0 Å². The van der Waals surface area contributed by atoms with Gasteiger partial charge in [-0.15, -0.1) is 0 Å². The Hall–Kier alpha value is -3.37. The zero-order chi connectivity index (χ0) is 26.2. The smallest absolute Gasteiger partial charge is 0.374 e. The summed E-state index contributed by atoms with van der Waals surface area (Å²) in [6.45, 7) is -0.855. The van der Waals surface area contributed by atoms with Gasteiger partial charge >= 0.3 is 12.4 Å². The van der Waals surface area contributed by atoms with Gasteiger partial charge in [0, 0.05) is 5.92 Å². The van der Waals surface area contributed by atoms with Gasteiger partial charge in [-0.05, 0) is 34.9 Å². The largest absolute Gasteiger partial charge is 0.416 e. The zero-order valence-electron chi connectivity index (χ0n) is 18.9. The summed E-state index contributed by atoms with van der Waals surface area (Å²) in [5.74, 6) is -0.395. The van der Waals surface area contributed by atoms with Gasteiger partial charge in [0.2, 0.25) is 6.41 Å². The highest BCUT2D eigenvalue weighted by Crippen LogP contribution is 2.36. The molecule has 0 aromatic heterocycles. The van der Waals surface area contributed by atoms with Crippen molar-refractivity contribution in [3.8, 4) is 0 Å². The molecule has 3 rings (SSSR count). The first kappa shape index (κ1) is 27.2. The van der Waals surface area contributed by atoms with Gasteiger partial charge in [-0.2, -0.15) is 26.3 Å². The van der Waals surface area contributed by atoms with Crippen LogP contribution in [0.5, 0.6) is 0 Å². The number of halogens is 6. The van der Waals surface area contributed by atoms with E-state index in [1.54, 1.807) is 0 Å². The molecule has 36 heavy (non-hydrogen) atoms. The van der Waals surface area contributed by atoms with Crippen molar-refractivity contribution >= 4 is 6.41 Å². The van der Waals surface area contributed by atoms with Crippen LogP contribution in [0, 0.1) is 0 Å². The summed E-state index contributed by atoms with van der Waals surface area (Å²) < 4.78 is 90.5. The number of hydrogen-bond donors (Lipinski definition) is 1. The number of benzene rings is 3. The first-order valence-corrected chi connectivity index (χ1v) is 10.8. The minimum atomic E-state index is -4.95. The molecule has 3 aromatic rings. The molecule has 0 spiro atoms. The molecule has 10 heteroatoms. The minimum Gasteiger partial charge on any atom is -0.374 e. The fourth-order valence-electron chi connectivity index (χ4n) is 3.77. The summed E-state index contributed by atoms with van der Waals surface area (Å²) in [5.41, 5.74) is -1.41. The van der Waals surface area contributed by atoms with E-state index in [1.165, 1.54) is 0 Å². The molecule has 192 valence electrons. The normalized spacial score (nSPS) is 13.0. The van der Waals surface area contributed by atoms with Crippen molar-refractivity contribution in [1.29, 1.82) is 0 Å². The van der Waals surface area contributed by atoms with Crippen LogP contribution in [0.15, 0.2) is 78.9 Å². The predicted molar refractivity (Wildman–Crippen MR) is 120 cm³/mol. The van der Waals surface area contributed by atoms with Crippen LogP contribution in [-0.2, 0) is 33.2 Å². The molecule has 0 saturated heterocycles. The van der Waals surface area contributed by atoms with Crippen molar-refractivity contribution in [2.75, 3.05) is 13.3 Å². The monoisotopic (exact) mass is 511 g/mol. The Labute approximate surface area is 203 Å². The molecule has 0 radical (unpaired) electrons. The maximum atomic E-state index is 13.2. The maximum Gasteiger partial charge on any atom is 0.416 e. The number of amides is 1. The van der Waals surface area contributed by atoms with Crippen molar-refractivity contribution in [3.63, 3.8) is 0 Å². The van der Waals surface area contributed by atoms with Gasteiger partial charge in [0.1, 0.15) is 6.73 Å². The van der Waals surface area contributed by atoms with Crippen LogP contribution < -0.4 is 5.32 Å². The summed E-state index contributed by atoms with van der Waals surface area (Å²) in [4.78, 5) is 10.7. The first-order chi connectivity index (χ1) is 17.1. The molecule has 0 saturated carbocycles. The maximum absolute atomic E-state index is 13.2. The molecule has 1 N–H and O–H groups in total. The van der Waals surface area contributed by atoms with Gasteiger partial charge in [-0.25, -0.2) is 0 Å². The number of ether oxygens (including phenoxy) is 2. The van der Waals surface area contributed by atoms with E-state index in [-0.39, 0.29) is 25.0 Å². The Morgan fingerprint density at radius 3 is 1.72 bits per heavy atom. The summed E-state index contributed by atoms with van der Waals surface area (Å²) in [5, 5.41) is 2.38. The summed E-state index contributed by atoms with van der Waals surface area (Å²) >= 11 is 0. The summed E-state index contributed by atoms with van der Waals surface area (Å²) in [6.07, 6.45) is -10.2. The molecule has 1 unspecified atom stereocenters. The third-order valence-electron chi connectivity index (χ3n) is 5.35. The second kappa shape index (κ2) is 12.0. The van der Waals surface area contributed by atoms with Gasteiger partial charge in [-0.1, -0.05) is 60.7 Å². The average molecular weight is 511 g/mol. The minimum absolute atomic E-state index is 0.0708. The molecule has 0 aliphatic heterocycles. The molecule has 4 nitrogen and oxygen atoms in total. The molecule has 0 fully saturated rings. The standard InChI is InChI=1S/C26H23F6NO3/c27-25(28,29)21-11-18(12-22(13-21)26(30,31)32)14-35-15-23(36-17-33-16-34)24(19-7-3-1-4-8-19)20-9-5-2-6-10-20/h1-13,16,23-24H,14-15,17H2,(H,33,34). The number of hydrogen-bond acceptors (Lipinski definition) is 3. The molecule has 0 bridgehead atoms. The number of alkyl halides is 6. The van der Waals surface area contributed by atoms with Crippen LogP contribution in [0.4, 0.5) is 26.3 Å². The summed E-state index contributed by atoms with van der Waals surface area (Å²) in [6, 6.07) is 19.8. The van der Waals surface area contributed by atoms with E-state index >= 15 is 0 Å². The van der Waals surface area contributed by atoms with E-state index < -0.39 is 42.1 Å². The van der Waals surface area contributed by atoms with E-state index in [0.717, 1.165) is 11.1 Å². The molecule has 3 aromatic carbocycles. The number of rotatable bonds is 11. The van der Waals surface area contributed by atoms with Crippen LogP contribution in [0.2, 0.25) is 0 Å². The third-order valence-corrected chi connectivity index (χ3v) is 5.35. The Kier molecular flexibility index (Phi) is 9.11. The fraction of sp³-hybridized carbons (Fsp3) is 0.269. The average Bonchev–Trinajstić information content (AvgIpc) is 2.84. The van der Waals surface area contributed by atoms with E-state index in [1.807, 2.05) is 60.7 Å². The lowest BCUT2D eigenvalue weighted by Gasteiger charge is -2.28. The number of nitrogens with one attached hydrogen (secondary N) is 1. The van der Waals surface area contributed by atoms with E-state index in [2.05, 4.69) is 5.32 Å². The Morgan fingerprint density at radius 2 is 1.28 bits per heavy atom. The summed E-state index contributed by atoms with van der Waals surface area (Å²) in [7, 11) is 0. The van der Waals surface area contributed by atoms with Gasteiger partial charge < -0.3 is 14.8 Å². The fourth-order valence-corrected chi connectivity index (χ4v) is 3.77. The van der Waals surface area contributed by atoms with E-state index in [4.69, 9.17) is 9.47 Å². The number of carbonyl (C=O) groups excluding carboxylic acids is 1. The quantitative estimate of drug-likeness (QED) is 0.145. The van der Waals surface area contributed by atoms with E-state index in [0.29, 0.717) is 18.5 Å². The van der Waals surface area contributed by atoms with Crippen LogP contribution in [-0.4, -0.2) is 25.9 Å². The predicted octanol–water partition coefficient (Wildman–Crippen LogP) is 6.16. The SMILES string of the molecule is O=CNCOC(COCc1cc(C(F)(F)F)cc(C(F)(F)F)c1)C(c1ccccc1)c1ccccc1. The number of carbonyl (C=O) groups is 1. The molecule has 0 aliphatic carbocycles. The van der Waals surface area contributed by atoms with Crippen LogP contribution in [0.3, 0.4) is 0 Å². The highest BCUT2D eigenvalue weighted by molar-refractivity contribution is 5.45. The van der Waals surface area contributed by atoms with Gasteiger partial charge in [0.15, 0.2) is 0 Å². The van der Waals surface area contributed by atoms with Crippen LogP contribution >= 0.6 is 0 Å². The van der Waals surface area contributed by atoms with Crippen LogP contribution in [0.1, 0.15) is 33.7 Å². The van der Waals surface area contributed by atoms with Crippen molar-refractivity contribution in [1.82, 2.24) is 5.32 Å². The Bertz CT molecular complexity index is 1030. The van der Waals surface area contributed by atoms with E-state index in [9.17, 15) is 31.1 Å². The molecular formula is C26H23F6NO3. The van der Waals surface area contributed by atoms with Crippen molar-refractivity contribution in [2.24, 2.45) is 0 Å². The highest BCUT2D eigenvalue weighted by Gasteiger charge is 2.37. The van der Waals surface area contributed by atoms with Crippen LogP contribution in [0.25, 0.3) is 0 Å². The lowest BCUT2D eigenvalue weighted by Crippen LogP contribution is -2.32. The van der Waals surface area contributed by atoms with Gasteiger partial charge in [-0.3, -0.25) is 4.79 Å². The van der Waals surface area contributed by atoms with Crippen molar-refractivity contribution in [3.05, 3.63) is 107 Å². The van der Waals surface area contributed by atoms with Gasteiger partial charge in [0.05, 0.1) is 30.4 Å². The molecule has 0 heterocycles. The van der Waals surface area contributed by atoms with Gasteiger partial charge in [0.25, 0.3) is 0 Å². The topological polar surface area (TPSA) is 47.6 Å². The van der Waals surface area contributed by atoms with Crippen molar-refractivity contribution < 1.29 is 40.6 Å². The molecule has 0 aliphatic rings. The first-order valence-electron chi connectivity index (χ1n) is 10.8. The third kappa shape index (κ3) is 7.56. The second-order valence-corrected chi connectivity index (χ2v) is 7.90. The molecule has 1 atom stereocenters.